The maximum Gasteiger partial charge on any atom is 0.277 e. The van der Waals surface area contributed by atoms with Crippen molar-refractivity contribution in [2.45, 2.75) is 13.3 Å². The van der Waals surface area contributed by atoms with Gasteiger partial charge in [0, 0.05) is 18.8 Å². The zero-order valence-corrected chi connectivity index (χ0v) is 16.4. The lowest BCUT2D eigenvalue weighted by Gasteiger charge is -2.19. The Kier molecular flexibility index (Phi) is 5.12. The van der Waals surface area contributed by atoms with Crippen LogP contribution in [-0.2, 0) is 9.59 Å². The van der Waals surface area contributed by atoms with Gasteiger partial charge in [-0.3, -0.25) is 14.5 Å². The molecule has 2 aromatic carbocycles. The quantitative estimate of drug-likeness (QED) is 0.759. The molecule has 150 valence electrons. The average Bonchev–Trinajstić information content (AvgIpc) is 2.96. The van der Waals surface area contributed by atoms with Gasteiger partial charge >= 0.3 is 0 Å². The summed E-state index contributed by atoms with van der Waals surface area (Å²) in [7, 11) is 1.47. The Labute approximate surface area is 168 Å². The number of rotatable bonds is 6. The normalized spacial score (nSPS) is 15.7. The third kappa shape index (κ3) is 3.63. The van der Waals surface area contributed by atoms with Gasteiger partial charge in [0.15, 0.2) is 11.5 Å². The van der Waals surface area contributed by atoms with Crippen LogP contribution in [0.5, 0.6) is 17.2 Å². The first-order chi connectivity index (χ1) is 14.1. The zero-order chi connectivity index (χ0) is 20.4. The van der Waals surface area contributed by atoms with Crippen molar-refractivity contribution in [3.63, 3.8) is 0 Å². The van der Waals surface area contributed by atoms with Crippen molar-refractivity contribution in [1.82, 2.24) is 4.90 Å². The Morgan fingerprint density at radius 2 is 1.72 bits per heavy atom. The number of fused-ring (bicyclic) bond motifs is 1. The van der Waals surface area contributed by atoms with Gasteiger partial charge in [0.1, 0.15) is 24.7 Å². The van der Waals surface area contributed by atoms with E-state index in [-0.39, 0.29) is 17.5 Å². The van der Waals surface area contributed by atoms with E-state index in [2.05, 4.69) is 5.32 Å². The number of nitrogens with one attached hydrogen (secondary N) is 1. The summed E-state index contributed by atoms with van der Waals surface area (Å²) in [5.41, 5.74) is 1.85. The van der Waals surface area contributed by atoms with Crippen LogP contribution in [0.4, 0.5) is 5.69 Å². The molecule has 2 aromatic rings. The van der Waals surface area contributed by atoms with E-state index in [1.165, 1.54) is 7.05 Å². The fraction of sp³-hybridized carbons (Fsp3) is 0.273. The lowest BCUT2D eigenvalue weighted by atomic mass is 10.0. The SMILES string of the molecule is CCCOc1ccc(C2=C(Nc3ccc4c(c3)OCCO4)C(=O)N(C)C2=O)cc1. The van der Waals surface area contributed by atoms with Crippen molar-refractivity contribution >= 4 is 23.1 Å². The number of nitrogens with zero attached hydrogens (tertiary/aromatic N) is 1. The van der Waals surface area contributed by atoms with Gasteiger partial charge in [-0.1, -0.05) is 19.1 Å². The fourth-order valence-corrected chi connectivity index (χ4v) is 3.23. The molecule has 2 amide bonds. The fourth-order valence-electron chi connectivity index (χ4n) is 3.23. The van der Waals surface area contributed by atoms with Gasteiger partial charge in [-0.15, -0.1) is 0 Å². The van der Waals surface area contributed by atoms with E-state index < -0.39 is 0 Å². The molecule has 7 nitrogen and oxygen atoms in total. The molecule has 0 aromatic heterocycles. The van der Waals surface area contributed by atoms with Crippen molar-refractivity contribution in [3.05, 3.63) is 53.7 Å². The van der Waals surface area contributed by atoms with Crippen LogP contribution in [0.2, 0.25) is 0 Å². The zero-order valence-electron chi connectivity index (χ0n) is 16.4. The minimum atomic E-state index is -0.383. The van der Waals surface area contributed by atoms with Crippen LogP contribution in [0.25, 0.3) is 5.57 Å². The molecule has 0 unspecified atom stereocenters. The minimum absolute atomic E-state index is 0.233. The van der Waals surface area contributed by atoms with Crippen LogP contribution in [0.1, 0.15) is 18.9 Å². The number of hydrogen-bond donors (Lipinski definition) is 1. The van der Waals surface area contributed by atoms with E-state index in [0.29, 0.717) is 48.1 Å². The Balaban J connectivity index is 1.67. The average molecular weight is 394 g/mol. The first-order valence-corrected chi connectivity index (χ1v) is 9.55. The molecule has 0 saturated heterocycles. The first-order valence-electron chi connectivity index (χ1n) is 9.55. The summed E-state index contributed by atoms with van der Waals surface area (Å²) < 4.78 is 16.7. The Hall–Kier alpha value is -3.48. The van der Waals surface area contributed by atoms with E-state index in [0.717, 1.165) is 17.1 Å². The molecule has 7 heteroatoms. The molecule has 0 aliphatic carbocycles. The molecular weight excluding hydrogens is 372 g/mol. The maximum absolute atomic E-state index is 12.7. The molecule has 0 spiro atoms. The van der Waals surface area contributed by atoms with Crippen molar-refractivity contribution in [2.24, 2.45) is 0 Å². The Morgan fingerprint density at radius 1 is 1.00 bits per heavy atom. The van der Waals surface area contributed by atoms with Gasteiger partial charge in [0.25, 0.3) is 11.8 Å². The second-order valence-corrected chi connectivity index (χ2v) is 6.78. The Morgan fingerprint density at radius 3 is 2.45 bits per heavy atom. The molecule has 0 atom stereocenters. The summed E-state index contributed by atoms with van der Waals surface area (Å²) in [4.78, 5) is 26.6. The molecule has 0 fully saturated rings. The topological polar surface area (TPSA) is 77.1 Å². The molecular formula is C22H22N2O5. The number of carbonyl (C=O) groups is 2. The number of imide groups is 1. The van der Waals surface area contributed by atoms with E-state index >= 15 is 0 Å². The smallest absolute Gasteiger partial charge is 0.277 e. The number of ether oxygens (including phenoxy) is 3. The molecule has 0 bridgehead atoms. The number of likely N-dealkylation sites (N-methyl/N-ethyl adjacent to an activating group) is 1. The number of benzene rings is 2. The minimum Gasteiger partial charge on any atom is -0.494 e. The third-order valence-electron chi connectivity index (χ3n) is 4.71. The molecule has 2 aliphatic rings. The van der Waals surface area contributed by atoms with Gasteiger partial charge in [0.05, 0.1) is 12.2 Å². The maximum atomic E-state index is 12.7. The highest BCUT2D eigenvalue weighted by atomic mass is 16.6. The van der Waals surface area contributed by atoms with Crippen LogP contribution in [0.15, 0.2) is 48.2 Å². The third-order valence-corrected chi connectivity index (χ3v) is 4.71. The summed E-state index contributed by atoms with van der Waals surface area (Å²) in [6.45, 7) is 3.63. The van der Waals surface area contributed by atoms with Crippen LogP contribution in [-0.4, -0.2) is 43.6 Å². The largest absolute Gasteiger partial charge is 0.494 e. The number of anilines is 1. The van der Waals surface area contributed by atoms with Crippen molar-refractivity contribution in [3.8, 4) is 17.2 Å². The lowest BCUT2D eigenvalue weighted by molar-refractivity contribution is -0.135. The highest BCUT2D eigenvalue weighted by Crippen LogP contribution is 2.35. The van der Waals surface area contributed by atoms with Gasteiger partial charge in [0.2, 0.25) is 0 Å². The second-order valence-electron chi connectivity index (χ2n) is 6.78. The van der Waals surface area contributed by atoms with Crippen LogP contribution in [0.3, 0.4) is 0 Å². The molecule has 29 heavy (non-hydrogen) atoms. The highest BCUT2D eigenvalue weighted by Gasteiger charge is 2.37. The van der Waals surface area contributed by atoms with E-state index in [9.17, 15) is 9.59 Å². The second kappa shape index (κ2) is 7.87. The van der Waals surface area contributed by atoms with Crippen LogP contribution < -0.4 is 19.5 Å². The molecule has 1 N–H and O–H groups in total. The highest BCUT2D eigenvalue weighted by molar-refractivity contribution is 6.36. The van der Waals surface area contributed by atoms with Crippen LogP contribution in [0, 0.1) is 0 Å². The molecule has 2 heterocycles. The molecule has 4 rings (SSSR count). The molecule has 0 saturated carbocycles. The van der Waals surface area contributed by atoms with Crippen molar-refractivity contribution in [1.29, 1.82) is 0 Å². The molecule has 0 radical (unpaired) electrons. The first kappa shape index (κ1) is 18.9. The summed E-state index contributed by atoms with van der Waals surface area (Å²) in [6, 6.07) is 12.5. The predicted molar refractivity (Wildman–Crippen MR) is 108 cm³/mol. The van der Waals surface area contributed by atoms with E-state index in [1.54, 1.807) is 42.5 Å². The van der Waals surface area contributed by atoms with Crippen molar-refractivity contribution < 1.29 is 23.8 Å². The van der Waals surface area contributed by atoms with E-state index in [4.69, 9.17) is 14.2 Å². The predicted octanol–water partition coefficient (Wildman–Crippen LogP) is 3.07. The van der Waals surface area contributed by atoms with Crippen LogP contribution >= 0.6 is 0 Å². The lowest BCUT2D eigenvalue weighted by Crippen LogP contribution is -2.27. The monoisotopic (exact) mass is 394 g/mol. The van der Waals surface area contributed by atoms with E-state index in [1.807, 2.05) is 6.92 Å². The van der Waals surface area contributed by atoms with Crippen molar-refractivity contribution in [2.75, 3.05) is 32.2 Å². The standard InChI is InChI=1S/C22H22N2O5/c1-3-10-27-16-7-4-14(5-8-16)19-20(22(26)24(2)21(19)25)23-15-6-9-17-18(13-15)29-12-11-28-17/h4-9,13,23H,3,10-12H2,1-2H3. The summed E-state index contributed by atoms with van der Waals surface area (Å²) >= 11 is 0. The summed E-state index contributed by atoms with van der Waals surface area (Å²) in [5, 5.41) is 3.10. The number of amides is 2. The van der Waals surface area contributed by atoms with Gasteiger partial charge in [-0.2, -0.15) is 0 Å². The number of carbonyl (C=O) groups excluding carboxylic acids is 2. The van der Waals surface area contributed by atoms with Gasteiger partial charge < -0.3 is 19.5 Å². The number of hydrogen-bond acceptors (Lipinski definition) is 6. The Bertz CT molecular complexity index is 981. The molecule has 2 aliphatic heterocycles. The summed E-state index contributed by atoms with van der Waals surface area (Å²) in [5.74, 6) is 1.25. The van der Waals surface area contributed by atoms with Gasteiger partial charge in [-0.05, 0) is 36.2 Å². The van der Waals surface area contributed by atoms with Gasteiger partial charge in [-0.25, -0.2) is 0 Å². The summed E-state index contributed by atoms with van der Waals surface area (Å²) in [6.07, 6.45) is 0.911.